The summed E-state index contributed by atoms with van der Waals surface area (Å²) in [6.07, 6.45) is 4.94. The minimum absolute atomic E-state index is 0.140. The molecule has 168 valence electrons. The van der Waals surface area contributed by atoms with E-state index in [0.29, 0.717) is 59.6 Å². The highest BCUT2D eigenvalue weighted by atomic mass is 16.1. The lowest BCUT2D eigenvalue weighted by Crippen LogP contribution is -2.25. The van der Waals surface area contributed by atoms with Crippen LogP contribution in [0, 0.1) is 0 Å². The van der Waals surface area contributed by atoms with Crippen LogP contribution in [0.2, 0.25) is 0 Å². The summed E-state index contributed by atoms with van der Waals surface area (Å²) in [4.78, 5) is 35.7. The average Bonchev–Trinajstić information content (AvgIpc) is 2.89. The number of hydrogen-bond donors (Lipinski definition) is 2. The van der Waals surface area contributed by atoms with Gasteiger partial charge in [0.2, 0.25) is 0 Å². The minimum Gasteiger partial charge on any atom is -0.384 e. The third-order valence-corrected chi connectivity index (χ3v) is 5.92. The summed E-state index contributed by atoms with van der Waals surface area (Å²) in [5.41, 5.74) is 4.98. The van der Waals surface area contributed by atoms with Crippen molar-refractivity contribution in [3.05, 3.63) is 119 Å². The highest BCUT2D eigenvalue weighted by Crippen LogP contribution is 2.36. The molecule has 5 rings (SSSR count). The van der Waals surface area contributed by atoms with Crippen molar-refractivity contribution in [2.75, 3.05) is 23.7 Å². The molecular weight excluding hydrogens is 424 g/mol. The Balaban J connectivity index is 1.44. The molecule has 2 N–H and O–H groups in total. The Kier molecular flexibility index (Phi) is 6.12. The third-order valence-electron chi connectivity index (χ3n) is 5.92. The second kappa shape index (κ2) is 9.67. The molecule has 0 saturated carbocycles. The summed E-state index contributed by atoms with van der Waals surface area (Å²) in [5, 5.41) is 6.72. The Morgan fingerprint density at radius 3 is 1.41 bits per heavy atom. The molecule has 0 aliphatic heterocycles. The standard InChI is InChI=1S/C28H24N4O2/c33-27-21-9-1-2-10-22(21)28(34)26-24(32-18-14-20-8-4-6-16-30-20)12-11-23(25(26)27)31-17-13-19-7-3-5-15-29-19/h1-12,15-16,31-32H,13-14,17-18H2. The first kappa shape index (κ1) is 21.5. The molecule has 4 aromatic rings. The van der Waals surface area contributed by atoms with E-state index in [2.05, 4.69) is 20.6 Å². The van der Waals surface area contributed by atoms with E-state index in [1.165, 1.54) is 0 Å². The zero-order valence-corrected chi connectivity index (χ0v) is 18.6. The van der Waals surface area contributed by atoms with Gasteiger partial charge in [0.05, 0.1) is 11.1 Å². The van der Waals surface area contributed by atoms with E-state index in [4.69, 9.17) is 0 Å². The summed E-state index contributed by atoms with van der Waals surface area (Å²) in [6.45, 7) is 1.19. The maximum Gasteiger partial charge on any atom is 0.196 e. The summed E-state index contributed by atoms with van der Waals surface area (Å²) in [6, 6.07) is 22.4. The highest BCUT2D eigenvalue weighted by Gasteiger charge is 2.33. The topological polar surface area (TPSA) is 84.0 Å². The van der Waals surface area contributed by atoms with Gasteiger partial charge in [-0.25, -0.2) is 0 Å². The van der Waals surface area contributed by atoms with Crippen molar-refractivity contribution in [2.24, 2.45) is 0 Å². The molecule has 34 heavy (non-hydrogen) atoms. The number of hydrogen-bond acceptors (Lipinski definition) is 6. The Labute approximate surface area is 198 Å². The fraction of sp³-hybridized carbons (Fsp3) is 0.143. The Morgan fingerprint density at radius 2 is 1.00 bits per heavy atom. The third kappa shape index (κ3) is 4.30. The molecule has 0 amide bonds. The molecule has 2 aromatic heterocycles. The van der Waals surface area contributed by atoms with Crippen LogP contribution >= 0.6 is 0 Å². The quantitative estimate of drug-likeness (QED) is 0.362. The summed E-state index contributed by atoms with van der Waals surface area (Å²) in [7, 11) is 0. The Hall–Kier alpha value is -4.32. The molecule has 1 aliphatic carbocycles. The number of carbonyl (C=O) groups excluding carboxylic acids is 2. The maximum atomic E-state index is 13.5. The number of anilines is 2. The number of pyridine rings is 2. The smallest absolute Gasteiger partial charge is 0.196 e. The molecule has 2 aromatic carbocycles. The molecule has 0 atom stereocenters. The number of benzene rings is 2. The number of nitrogens with zero attached hydrogens (tertiary/aromatic N) is 2. The number of carbonyl (C=O) groups is 2. The lowest BCUT2D eigenvalue weighted by Gasteiger charge is -2.24. The Morgan fingerprint density at radius 1 is 0.559 bits per heavy atom. The number of nitrogens with one attached hydrogen (secondary N) is 2. The van der Waals surface area contributed by atoms with Gasteiger partial charge in [-0.05, 0) is 36.4 Å². The molecule has 0 spiro atoms. The predicted octanol–water partition coefficient (Wildman–Crippen LogP) is 4.56. The molecule has 0 bridgehead atoms. The van der Waals surface area contributed by atoms with Gasteiger partial charge in [-0.1, -0.05) is 36.4 Å². The van der Waals surface area contributed by atoms with Gasteiger partial charge in [-0.15, -0.1) is 0 Å². The number of fused-ring (bicyclic) bond motifs is 2. The van der Waals surface area contributed by atoms with E-state index in [9.17, 15) is 9.59 Å². The van der Waals surface area contributed by atoms with Gasteiger partial charge in [0.25, 0.3) is 0 Å². The SMILES string of the molecule is O=C1c2ccccc2C(=O)c2c(NCCc3ccccn3)ccc(NCCc3ccccn3)c21. The van der Waals surface area contributed by atoms with Crippen LogP contribution in [0.25, 0.3) is 0 Å². The largest absolute Gasteiger partial charge is 0.384 e. The Bertz CT molecular complexity index is 1230. The molecule has 0 fully saturated rings. The summed E-state index contributed by atoms with van der Waals surface area (Å²) >= 11 is 0. The van der Waals surface area contributed by atoms with Crippen molar-refractivity contribution < 1.29 is 9.59 Å². The van der Waals surface area contributed by atoms with Gasteiger partial charge in [0, 0.05) is 72.2 Å². The molecule has 0 radical (unpaired) electrons. The second-order valence-corrected chi connectivity index (χ2v) is 8.11. The number of rotatable bonds is 8. The van der Waals surface area contributed by atoms with Gasteiger partial charge in [0.1, 0.15) is 0 Å². The zero-order valence-electron chi connectivity index (χ0n) is 18.6. The van der Waals surface area contributed by atoms with E-state index < -0.39 is 0 Å². The zero-order chi connectivity index (χ0) is 23.3. The van der Waals surface area contributed by atoms with Crippen molar-refractivity contribution >= 4 is 22.9 Å². The van der Waals surface area contributed by atoms with Crippen LogP contribution in [0.1, 0.15) is 43.2 Å². The lowest BCUT2D eigenvalue weighted by atomic mass is 9.82. The normalized spacial score (nSPS) is 12.1. The molecule has 1 aliphatic rings. The predicted molar refractivity (Wildman–Crippen MR) is 133 cm³/mol. The van der Waals surface area contributed by atoms with Gasteiger partial charge >= 0.3 is 0 Å². The van der Waals surface area contributed by atoms with E-state index >= 15 is 0 Å². The van der Waals surface area contributed by atoms with Crippen molar-refractivity contribution in [3.8, 4) is 0 Å². The van der Waals surface area contributed by atoms with Crippen molar-refractivity contribution in [3.63, 3.8) is 0 Å². The van der Waals surface area contributed by atoms with Gasteiger partial charge in [-0.2, -0.15) is 0 Å². The van der Waals surface area contributed by atoms with Crippen molar-refractivity contribution in [1.82, 2.24) is 9.97 Å². The van der Waals surface area contributed by atoms with Crippen molar-refractivity contribution in [2.45, 2.75) is 12.8 Å². The molecule has 6 nitrogen and oxygen atoms in total. The van der Waals surface area contributed by atoms with Gasteiger partial charge in [-0.3, -0.25) is 19.6 Å². The monoisotopic (exact) mass is 448 g/mol. The molecular formula is C28H24N4O2. The first-order chi connectivity index (χ1) is 16.7. The van der Waals surface area contributed by atoms with Gasteiger partial charge in [0.15, 0.2) is 11.6 Å². The minimum atomic E-state index is -0.140. The fourth-order valence-electron chi connectivity index (χ4n) is 4.26. The van der Waals surface area contributed by atoms with Crippen LogP contribution < -0.4 is 10.6 Å². The van der Waals surface area contributed by atoms with E-state index in [1.54, 1.807) is 36.7 Å². The number of ketones is 2. The van der Waals surface area contributed by atoms with Crippen LogP contribution in [0.3, 0.4) is 0 Å². The first-order valence-corrected chi connectivity index (χ1v) is 11.4. The summed E-state index contributed by atoms with van der Waals surface area (Å²) < 4.78 is 0. The maximum absolute atomic E-state index is 13.5. The molecule has 2 heterocycles. The van der Waals surface area contributed by atoms with Crippen LogP contribution in [0.15, 0.2) is 85.2 Å². The van der Waals surface area contributed by atoms with Crippen LogP contribution in [0.4, 0.5) is 11.4 Å². The van der Waals surface area contributed by atoms with E-state index in [-0.39, 0.29) is 11.6 Å². The van der Waals surface area contributed by atoms with E-state index in [0.717, 1.165) is 11.4 Å². The lowest BCUT2D eigenvalue weighted by molar-refractivity contribution is 0.0980. The van der Waals surface area contributed by atoms with E-state index in [1.807, 2.05) is 48.5 Å². The van der Waals surface area contributed by atoms with Gasteiger partial charge < -0.3 is 10.6 Å². The number of aromatic nitrogens is 2. The summed E-state index contributed by atoms with van der Waals surface area (Å²) in [5.74, 6) is -0.280. The highest BCUT2D eigenvalue weighted by molar-refractivity contribution is 6.31. The molecule has 0 saturated heterocycles. The van der Waals surface area contributed by atoms with Crippen LogP contribution in [-0.4, -0.2) is 34.6 Å². The fourth-order valence-corrected chi connectivity index (χ4v) is 4.26. The van der Waals surface area contributed by atoms with Crippen LogP contribution in [-0.2, 0) is 12.8 Å². The second-order valence-electron chi connectivity index (χ2n) is 8.11. The molecule has 0 unspecified atom stereocenters. The average molecular weight is 449 g/mol. The molecule has 6 heteroatoms. The first-order valence-electron chi connectivity index (χ1n) is 11.4. The van der Waals surface area contributed by atoms with Crippen LogP contribution in [0.5, 0.6) is 0 Å². The van der Waals surface area contributed by atoms with Crippen molar-refractivity contribution in [1.29, 1.82) is 0 Å².